The summed E-state index contributed by atoms with van der Waals surface area (Å²) in [6.07, 6.45) is 1.38. The second-order valence-corrected chi connectivity index (χ2v) is 6.40. The highest BCUT2D eigenvalue weighted by Gasteiger charge is 2.02. The quantitative estimate of drug-likeness (QED) is 0.457. The summed E-state index contributed by atoms with van der Waals surface area (Å²) < 4.78 is 5.26. The predicted octanol–water partition coefficient (Wildman–Crippen LogP) is 3.69. The van der Waals surface area contributed by atoms with Gasteiger partial charge in [-0.05, 0) is 48.7 Å². The van der Waals surface area contributed by atoms with Crippen molar-refractivity contribution in [1.82, 2.24) is 10.6 Å². The molecule has 150 valence electrons. The Morgan fingerprint density at radius 3 is 2.50 bits per heavy atom. The number of rotatable bonds is 9. The number of aliphatic imine (C=N–C) groups is 1. The molecule has 0 aliphatic carbocycles. The van der Waals surface area contributed by atoms with Crippen LogP contribution in [0, 0.1) is 0 Å². The number of guanidine groups is 1. The molecule has 0 spiro atoms. The van der Waals surface area contributed by atoms with E-state index in [-0.39, 0.29) is 5.91 Å². The Morgan fingerprint density at radius 1 is 1.04 bits per heavy atom. The van der Waals surface area contributed by atoms with Crippen LogP contribution in [0.25, 0.3) is 0 Å². The summed E-state index contributed by atoms with van der Waals surface area (Å²) in [5, 5.41) is 9.49. The topological polar surface area (TPSA) is 74.8 Å². The summed E-state index contributed by atoms with van der Waals surface area (Å²) in [5.74, 6) is 1.63. The third kappa shape index (κ3) is 7.31. The smallest absolute Gasteiger partial charge is 0.224 e. The van der Waals surface area contributed by atoms with E-state index in [2.05, 4.69) is 20.9 Å². The fourth-order valence-corrected chi connectivity index (χ4v) is 2.63. The highest BCUT2D eigenvalue weighted by Crippen LogP contribution is 2.13. The lowest BCUT2D eigenvalue weighted by Crippen LogP contribution is -2.36. The normalized spacial score (nSPS) is 11.0. The Hall–Kier alpha value is -3.02. The molecule has 3 N–H and O–H groups in total. The number of hydrogen-bond acceptors (Lipinski definition) is 3. The Labute approximate surface area is 167 Å². The van der Waals surface area contributed by atoms with Crippen LogP contribution in [0.1, 0.15) is 37.8 Å². The van der Waals surface area contributed by atoms with E-state index in [1.54, 1.807) is 7.11 Å². The van der Waals surface area contributed by atoms with Gasteiger partial charge in [-0.25, -0.2) is 4.99 Å². The lowest BCUT2D eigenvalue weighted by atomic mass is 10.2. The molecule has 0 saturated heterocycles. The molecule has 6 nitrogen and oxygen atoms in total. The molecule has 6 heteroatoms. The second-order valence-electron chi connectivity index (χ2n) is 6.40. The average Bonchev–Trinajstić information content (AvgIpc) is 2.71. The lowest BCUT2D eigenvalue weighted by Gasteiger charge is -2.12. The molecule has 0 aliphatic rings. The molecule has 1 amide bonds. The highest BCUT2D eigenvalue weighted by molar-refractivity contribution is 5.90. The summed E-state index contributed by atoms with van der Waals surface area (Å²) in [6.45, 7) is 6.02. The van der Waals surface area contributed by atoms with Crippen molar-refractivity contribution in [2.75, 3.05) is 19.0 Å². The number of carbonyl (C=O) groups is 1. The number of benzene rings is 2. The molecule has 0 aromatic heterocycles. The number of amides is 1. The third-order valence-electron chi connectivity index (χ3n) is 4.07. The second kappa shape index (κ2) is 11.6. The van der Waals surface area contributed by atoms with E-state index >= 15 is 0 Å². The van der Waals surface area contributed by atoms with Gasteiger partial charge in [-0.2, -0.15) is 0 Å². The van der Waals surface area contributed by atoms with E-state index in [1.165, 1.54) is 0 Å². The van der Waals surface area contributed by atoms with Gasteiger partial charge in [0.25, 0.3) is 0 Å². The Morgan fingerprint density at radius 2 is 1.82 bits per heavy atom. The molecule has 0 aliphatic heterocycles. The van der Waals surface area contributed by atoms with Crippen molar-refractivity contribution in [3.63, 3.8) is 0 Å². The summed E-state index contributed by atoms with van der Waals surface area (Å²) in [5.41, 5.74) is 3.02. The molecule has 2 rings (SSSR count). The third-order valence-corrected chi connectivity index (χ3v) is 4.07. The Balaban J connectivity index is 1.92. The Bertz CT molecular complexity index is 772. The SMILES string of the molecule is CCCC(=O)Nc1ccc(CNC(=NCc2cccc(OC)c2)NCC)cc1. The van der Waals surface area contributed by atoms with Crippen LogP contribution >= 0.6 is 0 Å². The maximum atomic E-state index is 11.7. The van der Waals surface area contributed by atoms with Crippen LogP contribution in [0.2, 0.25) is 0 Å². The van der Waals surface area contributed by atoms with Crippen molar-refractivity contribution in [3.05, 3.63) is 59.7 Å². The summed E-state index contributed by atoms with van der Waals surface area (Å²) >= 11 is 0. The molecule has 0 fully saturated rings. The fourth-order valence-electron chi connectivity index (χ4n) is 2.63. The Kier molecular flexibility index (Phi) is 8.85. The van der Waals surface area contributed by atoms with E-state index in [4.69, 9.17) is 4.74 Å². The highest BCUT2D eigenvalue weighted by atomic mass is 16.5. The van der Waals surface area contributed by atoms with Gasteiger partial charge >= 0.3 is 0 Å². The maximum Gasteiger partial charge on any atom is 0.224 e. The summed E-state index contributed by atoms with van der Waals surface area (Å²) in [6, 6.07) is 15.7. The summed E-state index contributed by atoms with van der Waals surface area (Å²) in [4.78, 5) is 16.3. The first-order chi connectivity index (χ1) is 13.6. The molecule has 2 aromatic carbocycles. The van der Waals surface area contributed by atoms with Crippen molar-refractivity contribution in [2.24, 2.45) is 4.99 Å². The first-order valence-corrected chi connectivity index (χ1v) is 9.68. The molecular formula is C22H30N4O2. The largest absolute Gasteiger partial charge is 0.497 e. The zero-order valence-electron chi connectivity index (χ0n) is 16.9. The van der Waals surface area contributed by atoms with Crippen molar-refractivity contribution in [1.29, 1.82) is 0 Å². The van der Waals surface area contributed by atoms with E-state index in [0.717, 1.165) is 41.5 Å². The number of hydrogen-bond donors (Lipinski definition) is 3. The van der Waals surface area contributed by atoms with Crippen LogP contribution in [0.5, 0.6) is 5.75 Å². The van der Waals surface area contributed by atoms with Crippen molar-refractivity contribution < 1.29 is 9.53 Å². The van der Waals surface area contributed by atoms with Gasteiger partial charge in [-0.1, -0.05) is 31.2 Å². The molecule has 0 saturated carbocycles. The molecule has 0 bridgehead atoms. The first kappa shape index (κ1) is 21.3. The van der Waals surface area contributed by atoms with Gasteiger partial charge in [-0.15, -0.1) is 0 Å². The minimum absolute atomic E-state index is 0.0486. The van der Waals surface area contributed by atoms with Gasteiger partial charge in [0.15, 0.2) is 5.96 Å². The molecule has 0 heterocycles. The van der Waals surface area contributed by atoms with Gasteiger partial charge in [0.05, 0.1) is 13.7 Å². The van der Waals surface area contributed by atoms with Gasteiger partial charge in [-0.3, -0.25) is 4.79 Å². The number of ether oxygens (including phenoxy) is 1. The minimum Gasteiger partial charge on any atom is -0.497 e. The zero-order valence-corrected chi connectivity index (χ0v) is 16.9. The van der Waals surface area contributed by atoms with Crippen LogP contribution in [-0.4, -0.2) is 25.5 Å². The number of anilines is 1. The number of methoxy groups -OCH3 is 1. The molecule has 2 aromatic rings. The van der Waals surface area contributed by atoms with E-state index in [9.17, 15) is 4.79 Å². The monoisotopic (exact) mass is 382 g/mol. The number of nitrogens with zero attached hydrogens (tertiary/aromatic N) is 1. The van der Waals surface area contributed by atoms with Crippen LogP contribution in [0.15, 0.2) is 53.5 Å². The fraction of sp³-hybridized carbons (Fsp3) is 0.364. The van der Waals surface area contributed by atoms with Crippen LogP contribution in [0.4, 0.5) is 5.69 Å². The van der Waals surface area contributed by atoms with Gasteiger partial charge < -0.3 is 20.7 Å². The van der Waals surface area contributed by atoms with E-state index < -0.39 is 0 Å². The van der Waals surface area contributed by atoms with Crippen LogP contribution in [-0.2, 0) is 17.9 Å². The van der Waals surface area contributed by atoms with Crippen molar-refractivity contribution >= 4 is 17.6 Å². The first-order valence-electron chi connectivity index (χ1n) is 9.68. The average molecular weight is 383 g/mol. The van der Waals surface area contributed by atoms with E-state index in [0.29, 0.717) is 19.5 Å². The molecule has 0 radical (unpaired) electrons. The maximum absolute atomic E-state index is 11.7. The number of carbonyl (C=O) groups excluding carboxylic acids is 1. The molecule has 0 unspecified atom stereocenters. The lowest BCUT2D eigenvalue weighted by molar-refractivity contribution is -0.116. The van der Waals surface area contributed by atoms with Crippen LogP contribution in [0.3, 0.4) is 0 Å². The predicted molar refractivity (Wildman–Crippen MR) is 115 cm³/mol. The molecule has 28 heavy (non-hydrogen) atoms. The summed E-state index contributed by atoms with van der Waals surface area (Å²) in [7, 11) is 1.66. The van der Waals surface area contributed by atoms with Gasteiger partial charge in [0.1, 0.15) is 5.75 Å². The van der Waals surface area contributed by atoms with Crippen LogP contribution < -0.4 is 20.7 Å². The van der Waals surface area contributed by atoms with E-state index in [1.807, 2.05) is 62.4 Å². The zero-order chi connectivity index (χ0) is 20.2. The van der Waals surface area contributed by atoms with Crippen molar-refractivity contribution in [2.45, 2.75) is 39.8 Å². The van der Waals surface area contributed by atoms with Gasteiger partial charge in [0.2, 0.25) is 5.91 Å². The van der Waals surface area contributed by atoms with Crippen molar-refractivity contribution in [3.8, 4) is 5.75 Å². The molecular weight excluding hydrogens is 352 g/mol. The standard InChI is InChI=1S/C22H30N4O2/c1-4-7-21(27)26-19-12-10-17(11-13-19)15-24-22(23-5-2)25-16-18-8-6-9-20(14-18)28-3/h6,8-14H,4-5,7,15-16H2,1-3H3,(H,26,27)(H2,23,24,25). The van der Waals surface area contributed by atoms with Gasteiger partial charge in [0, 0.05) is 25.2 Å². The minimum atomic E-state index is 0.0486. The number of nitrogens with one attached hydrogen (secondary N) is 3. The molecule has 0 atom stereocenters.